The third-order valence-corrected chi connectivity index (χ3v) is 11.0. The van der Waals surface area contributed by atoms with Gasteiger partial charge in [-0.05, 0) is 19.3 Å². The van der Waals surface area contributed by atoms with Crippen molar-refractivity contribution in [1.29, 1.82) is 0 Å². The molecule has 1 atom stereocenters. The molecule has 0 saturated heterocycles. The lowest BCUT2D eigenvalue weighted by atomic mass is 10.0. The highest BCUT2D eigenvalue weighted by molar-refractivity contribution is 5.88. The summed E-state index contributed by atoms with van der Waals surface area (Å²) in [7, 11) is 0. The molecule has 12 heteroatoms. The van der Waals surface area contributed by atoms with Gasteiger partial charge in [-0.2, -0.15) is 0 Å². The van der Waals surface area contributed by atoms with Gasteiger partial charge in [0.15, 0.2) is 6.10 Å². The number of carbonyl (C=O) groups is 6. The van der Waals surface area contributed by atoms with E-state index in [1.807, 2.05) is 0 Å². The van der Waals surface area contributed by atoms with Gasteiger partial charge < -0.3 is 30.4 Å². The molecule has 2 amide bonds. The molecule has 0 rings (SSSR count). The number of hydrogen-bond acceptors (Lipinski definition) is 9. The van der Waals surface area contributed by atoms with Gasteiger partial charge in [0, 0.05) is 25.7 Å². The Morgan fingerprint density at radius 1 is 0.450 bits per heavy atom. The van der Waals surface area contributed by atoms with E-state index < -0.39 is 47.8 Å². The molecule has 0 aromatic rings. The molecule has 350 valence electrons. The Bertz CT molecular complexity index is 1050. The molecule has 0 aromatic carbocycles. The smallest absolute Gasteiger partial charge is 0.306 e. The molecule has 0 spiro atoms. The van der Waals surface area contributed by atoms with E-state index in [0.717, 1.165) is 38.5 Å². The van der Waals surface area contributed by atoms with Crippen molar-refractivity contribution in [2.75, 3.05) is 13.2 Å². The first kappa shape index (κ1) is 56.8. The first-order chi connectivity index (χ1) is 29.1. The topological polar surface area (TPSA) is 188 Å². The highest BCUT2D eigenvalue weighted by Gasteiger charge is 2.22. The van der Waals surface area contributed by atoms with Crippen LogP contribution in [0.5, 0.6) is 0 Å². The lowest BCUT2D eigenvalue weighted by Gasteiger charge is -2.18. The third-order valence-electron chi connectivity index (χ3n) is 11.0. The van der Waals surface area contributed by atoms with Crippen LogP contribution in [0.25, 0.3) is 0 Å². The molecule has 4 N–H and O–H groups in total. The van der Waals surface area contributed by atoms with Gasteiger partial charge in [0.1, 0.15) is 19.3 Å². The Morgan fingerprint density at radius 2 is 0.783 bits per heavy atom. The first-order valence-electron chi connectivity index (χ1n) is 24.4. The third kappa shape index (κ3) is 40.2. The number of amides is 2. The van der Waals surface area contributed by atoms with Crippen LogP contribution in [0.2, 0.25) is 0 Å². The fourth-order valence-corrected chi connectivity index (χ4v) is 7.19. The highest BCUT2D eigenvalue weighted by atomic mass is 16.6. The number of carboxylic acids is 1. The lowest BCUT2D eigenvalue weighted by Crippen LogP contribution is -2.44. The highest BCUT2D eigenvalue weighted by Crippen LogP contribution is 2.16. The minimum Gasteiger partial charge on any atom is -0.481 e. The summed E-state index contributed by atoms with van der Waals surface area (Å²) in [6.07, 6.45) is 34.9. The number of carboxylic acid groups (broad SMARTS) is 1. The number of unbranched alkanes of at least 4 members (excludes halogenated alkanes) is 28. The number of ether oxygens (including phenoxy) is 3. The zero-order valence-corrected chi connectivity index (χ0v) is 38.2. The minimum atomic E-state index is -1.19. The predicted molar refractivity (Wildman–Crippen MR) is 238 cm³/mol. The number of hydrogen-bond donors (Lipinski definition) is 3. The zero-order valence-electron chi connectivity index (χ0n) is 38.2. The predicted octanol–water partition coefficient (Wildman–Crippen LogP) is 11.1. The van der Waals surface area contributed by atoms with E-state index in [2.05, 4.69) is 19.2 Å². The van der Waals surface area contributed by atoms with Crippen LogP contribution in [0.4, 0.5) is 0 Å². The van der Waals surface area contributed by atoms with E-state index in [1.165, 1.54) is 141 Å². The number of nitrogens with one attached hydrogen (secondary N) is 1. The average Bonchev–Trinajstić information content (AvgIpc) is 3.22. The molecule has 0 radical (unpaired) electrons. The van der Waals surface area contributed by atoms with Gasteiger partial charge in [-0.15, -0.1) is 0 Å². The first-order valence-corrected chi connectivity index (χ1v) is 24.4. The summed E-state index contributed by atoms with van der Waals surface area (Å²) in [5.74, 6) is -4.34. The standard InChI is InChI=1S/C48H88N2O10/c1-3-5-7-9-11-13-15-17-19-21-23-25-27-29-31-33-45(54)58-39-41(60-47(56)38-36-43(51)50-42(48(49)57)35-37-44(52)53)40-59-46(55)34-32-30-28-26-24-22-20-18-16-14-12-10-8-6-4-2/h41-42H,3-40H2,1-2H3,(H2,49,57)(H,50,51)(H,52,53). The summed E-state index contributed by atoms with van der Waals surface area (Å²) in [4.78, 5) is 72.6. The number of aliphatic carboxylic acids is 1. The Morgan fingerprint density at radius 3 is 1.10 bits per heavy atom. The van der Waals surface area contributed by atoms with Crippen LogP contribution in [-0.4, -0.2) is 66.2 Å². The molecule has 0 heterocycles. The molecule has 0 aliphatic carbocycles. The van der Waals surface area contributed by atoms with E-state index in [-0.39, 0.29) is 51.7 Å². The fourth-order valence-electron chi connectivity index (χ4n) is 7.19. The van der Waals surface area contributed by atoms with Crippen LogP contribution in [-0.2, 0) is 43.0 Å². The van der Waals surface area contributed by atoms with Crippen molar-refractivity contribution in [3.63, 3.8) is 0 Å². The second kappa shape index (κ2) is 42.5. The summed E-state index contributed by atoms with van der Waals surface area (Å²) in [5.41, 5.74) is 5.27. The fraction of sp³-hybridized carbons (Fsp3) is 0.875. The summed E-state index contributed by atoms with van der Waals surface area (Å²) in [6, 6.07) is -1.19. The Balaban J connectivity index is 4.53. The van der Waals surface area contributed by atoms with Crippen LogP contribution in [0.1, 0.15) is 245 Å². The van der Waals surface area contributed by atoms with Crippen molar-refractivity contribution in [3.8, 4) is 0 Å². The van der Waals surface area contributed by atoms with E-state index >= 15 is 0 Å². The van der Waals surface area contributed by atoms with Crippen molar-refractivity contribution < 1.29 is 48.1 Å². The van der Waals surface area contributed by atoms with Crippen LogP contribution in [0, 0.1) is 0 Å². The maximum Gasteiger partial charge on any atom is 0.306 e. The van der Waals surface area contributed by atoms with Crippen LogP contribution in [0.15, 0.2) is 0 Å². The Hall–Kier alpha value is -3.18. The molecular formula is C48H88N2O10. The normalized spacial score (nSPS) is 11.7. The summed E-state index contributed by atoms with van der Waals surface area (Å²) < 4.78 is 16.3. The largest absolute Gasteiger partial charge is 0.481 e. The van der Waals surface area contributed by atoms with Crippen molar-refractivity contribution in [3.05, 3.63) is 0 Å². The molecular weight excluding hydrogens is 765 g/mol. The minimum absolute atomic E-state index is 0.182. The Kier molecular flexibility index (Phi) is 40.3. The van der Waals surface area contributed by atoms with Crippen LogP contribution in [0.3, 0.4) is 0 Å². The van der Waals surface area contributed by atoms with E-state index in [1.54, 1.807) is 0 Å². The van der Waals surface area contributed by atoms with Gasteiger partial charge in [-0.1, -0.05) is 194 Å². The molecule has 0 fully saturated rings. The molecule has 12 nitrogen and oxygen atoms in total. The average molecular weight is 853 g/mol. The summed E-state index contributed by atoms with van der Waals surface area (Å²) >= 11 is 0. The van der Waals surface area contributed by atoms with Crippen molar-refractivity contribution >= 4 is 35.7 Å². The SMILES string of the molecule is CCCCCCCCCCCCCCCCCC(=O)OCC(COC(=O)CCCCCCCCCCCCCCCCC)OC(=O)CCC(=O)NC(CCC(=O)O)C(N)=O. The number of nitrogens with two attached hydrogens (primary N) is 1. The van der Waals surface area contributed by atoms with Crippen LogP contribution >= 0.6 is 0 Å². The summed E-state index contributed by atoms with van der Waals surface area (Å²) in [5, 5.41) is 11.2. The Labute approximate surface area is 364 Å². The van der Waals surface area contributed by atoms with Gasteiger partial charge in [0.25, 0.3) is 0 Å². The molecule has 60 heavy (non-hydrogen) atoms. The van der Waals surface area contributed by atoms with Crippen molar-refractivity contribution in [1.82, 2.24) is 5.32 Å². The summed E-state index contributed by atoms with van der Waals surface area (Å²) in [6.45, 7) is 3.91. The van der Waals surface area contributed by atoms with E-state index in [0.29, 0.717) is 12.8 Å². The van der Waals surface area contributed by atoms with E-state index in [4.69, 9.17) is 25.1 Å². The monoisotopic (exact) mass is 853 g/mol. The van der Waals surface area contributed by atoms with Crippen LogP contribution < -0.4 is 11.1 Å². The number of primary amides is 1. The maximum absolute atomic E-state index is 12.7. The number of rotatable bonds is 45. The quantitative estimate of drug-likeness (QED) is 0.0302. The number of carbonyl (C=O) groups excluding carboxylic acids is 5. The molecule has 0 aromatic heterocycles. The van der Waals surface area contributed by atoms with Gasteiger partial charge in [0.05, 0.1) is 6.42 Å². The van der Waals surface area contributed by atoms with Gasteiger partial charge >= 0.3 is 23.9 Å². The van der Waals surface area contributed by atoms with Crippen molar-refractivity contribution in [2.45, 2.75) is 257 Å². The second-order valence-electron chi connectivity index (χ2n) is 16.8. The number of esters is 3. The molecule has 0 aliphatic rings. The second-order valence-corrected chi connectivity index (χ2v) is 16.8. The van der Waals surface area contributed by atoms with Crippen molar-refractivity contribution in [2.24, 2.45) is 5.73 Å². The van der Waals surface area contributed by atoms with Gasteiger partial charge in [0.2, 0.25) is 11.8 Å². The van der Waals surface area contributed by atoms with E-state index in [9.17, 15) is 28.8 Å². The molecule has 0 saturated carbocycles. The zero-order chi connectivity index (χ0) is 44.3. The molecule has 1 unspecified atom stereocenters. The van der Waals surface area contributed by atoms with Gasteiger partial charge in [-0.25, -0.2) is 0 Å². The maximum atomic E-state index is 12.7. The van der Waals surface area contributed by atoms with Gasteiger partial charge in [-0.3, -0.25) is 28.8 Å². The lowest BCUT2D eigenvalue weighted by molar-refractivity contribution is -0.167. The molecule has 0 bridgehead atoms. The molecule has 0 aliphatic heterocycles.